The molecule has 0 saturated heterocycles. The van der Waals surface area contributed by atoms with Gasteiger partial charge in [0.2, 0.25) is 6.79 Å². The normalized spacial score (nSPS) is 41.6. The molecule has 0 aliphatic heterocycles. The second kappa shape index (κ2) is 7.68. The molecular weight excluding hydrogens is 416 g/mol. The molecule has 33 heavy (non-hydrogen) atoms. The molecule has 1 spiro atoms. The fourth-order valence-corrected chi connectivity index (χ4v) is 8.71. The third-order valence-corrected chi connectivity index (χ3v) is 10.2. The second-order valence-corrected chi connectivity index (χ2v) is 12.0. The average molecular weight is 453 g/mol. The number of hydrogen-bond acceptors (Lipinski definition) is 5. The lowest BCUT2D eigenvalue weighted by Gasteiger charge is -2.63. The molecule has 4 fully saturated rings. The van der Waals surface area contributed by atoms with Crippen LogP contribution in [-0.2, 0) is 19.1 Å². The summed E-state index contributed by atoms with van der Waals surface area (Å²) >= 11 is 0. The number of esters is 2. The fourth-order valence-electron chi connectivity index (χ4n) is 8.71. The van der Waals surface area contributed by atoms with Gasteiger partial charge in [-0.2, -0.15) is 0 Å². The fraction of sp³-hybridized carbons (Fsp3) is 0.679. The second-order valence-electron chi connectivity index (χ2n) is 12.0. The van der Waals surface area contributed by atoms with Crippen LogP contribution in [0.4, 0.5) is 0 Å². The molecule has 4 saturated carbocycles. The van der Waals surface area contributed by atoms with Crippen molar-refractivity contribution in [1.82, 2.24) is 0 Å². The van der Waals surface area contributed by atoms with Gasteiger partial charge in [-0.05, 0) is 86.7 Å². The van der Waals surface area contributed by atoms with Crippen molar-refractivity contribution >= 4 is 17.7 Å². The Morgan fingerprint density at radius 3 is 2.42 bits per heavy atom. The van der Waals surface area contributed by atoms with Crippen LogP contribution in [-0.4, -0.2) is 24.5 Å². The molecule has 178 valence electrons. The molecule has 0 N–H and O–H groups in total. The molecule has 0 aromatic heterocycles. The largest absolute Gasteiger partial charge is 0.427 e. The lowest BCUT2D eigenvalue weighted by Crippen LogP contribution is -2.58. The summed E-state index contributed by atoms with van der Waals surface area (Å²) in [6, 6.07) is 8.74. The van der Waals surface area contributed by atoms with E-state index in [-0.39, 0.29) is 34.9 Å². The minimum Gasteiger partial charge on any atom is -0.427 e. The minimum absolute atomic E-state index is 0.0386. The van der Waals surface area contributed by atoms with Gasteiger partial charge in [0.1, 0.15) is 5.78 Å². The molecule has 4 aliphatic rings. The molecule has 5 rings (SSSR count). The molecule has 5 heteroatoms. The van der Waals surface area contributed by atoms with Crippen LogP contribution >= 0.6 is 0 Å². The summed E-state index contributed by atoms with van der Waals surface area (Å²) in [6.45, 7) is 6.26. The Kier molecular flexibility index (Phi) is 5.26. The zero-order chi connectivity index (χ0) is 23.5. The standard InChI is InChI=1S/C28H36O5/c1-25-14-10-21-26(2)12-7-13-27(3,20(26)11-15-28(21,17-25)16-22(25)29)24(31)33-18-32-23(30)19-8-5-4-6-9-19/h4-6,8-9,20-21H,7,10-18H2,1-3H3/t20-,21-,25-,26+,27+,28?/m0/s1. The van der Waals surface area contributed by atoms with Gasteiger partial charge in [-0.25, -0.2) is 4.79 Å². The first-order valence-electron chi connectivity index (χ1n) is 12.6. The summed E-state index contributed by atoms with van der Waals surface area (Å²) in [7, 11) is 0. The summed E-state index contributed by atoms with van der Waals surface area (Å²) in [5.41, 5.74) is -0.103. The molecule has 6 atom stereocenters. The maximum atomic E-state index is 13.4. The van der Waals surface area contributed by atoms with Crippen molar-refractivity contribution in [2.75, 3.05) is 6.79 Å². The highest BCUT2D eigenvalue weighted by Crippen LogP contribution is 2.73. The van der Waals surface area contributed by atoms with Gasteiger partial charge in [-0.3, -0.25) is 9.59 Å². The van der Waals surface area contributed by atoms with Crippen LogP contribution in [0.1, 0.15) is 88.9 Å². The first kappa shape index (κ1) is 22.6. The smallest absolute Gasteiger partial charge is 0.340 e. The van der Waals surface area contributed by atoms with Crippen LogP contribution in [0.2, 0.25) is 0 Å². The van der Waals surface area contributed by atoms with Gasteiger partial charge < -0.3 is 9.47 Å². The van der Waals surface area contributed by atoms with Crippen molar-refractivity contribution in [2.45, 2.75) is 78.6 Å². The zero-order valence-corrected chi connectivity index (χ0v) is 20.2. The number of benzene rings is 1. The van der Waals surface area contributed by atoms with Gasteiger partial charge >= 0.3 is 11.9 Å². The topological polar surface area (TPSA) is 69.7 Å². The van der Waals surface area contributed by atoms with Gasteiger partial charge in [0.15, 0.2) is 0 Å². The van der Waals surface area contributed by atoms with E-state index in [1.807, 2.05) is 6.07 Å². The van der Waals surface area contributed by atoms with Crippen LogP contribution in [0.15, 0.2) is 30.3 Å². The lowest BCUT2D eigenvalue weighted by molar-refractivity contribution is -0.193. The Hall–Kier alpha value is -2.17. The Labute approximate surface area is 196 Å². The molecule has 1 aromatic rings. The number of rotatable bonds is 4. The number of fused-ring (bicyclic) bond motifs is 3. The number of hydrogen-bond donors (Lipinski definition) is 0. The average Bonchev–Trinajstić information content (AvgIpc) is 2.97. The summed E-state index contributed by atoms with van der Waals surface area (Å²) < 4.78 is 10.8. The van der Waals surface area contributed by atoms with Crippen LogP contribution in [0, 0.1) is 33.5 Å². The maximum Gasteiger partial charge on any atom is 0.340 e. The minimum atomic E-state index is -0.586. The first-order chi connectivity index (χ1) is 15.6. The van der Waals surface area contributed by atoms with E-state index in [4.69, 9.17) is 9.47 Å². The van der Waals surface area contributed by atoms with Gasteiger partial charge in [-0.15, -0.1) is 0 Å². The number of carbonyl (C=O) groups excluding carboxylic acids is 3. The Morgan fingerprint density at radius 2 is 1.67 bits per heavy atom. The molecule has 5 nitrogen and oxygen atoms in total. The summed E-state index contributed by atoms with van der Waals surface area (Å²) in [6.07, 6.45) is 8.73. The van der Waals surface area contributed by atoms with E-state index >= 15 is 0 Å². The van der Waals surface area contributed by atoms with E-state index in [2.05, 4.69) is 20.8 Å². The number of Topliss-reactive ketones (excluding diaryl/α,β-unsaturated/α-hetero) is 1. The first-order valence-corrected chi connectivity index (χ1v) is 12.6. The molecule has 4 aliphatic carbocycles. The van der Waals surface area contributed by atoms with Crippen molar-refractivity contribution in [3.8, 4) is 0 Å². The molecule has 2 bridgehead atoms. The monoisotopic (exact) mass is 452 g/mol. The highest BCUT2D eigenvalue weighted by atomic mass is 16.7. The van der Waals surface area contributed by atoms with Gasteiger partial charge in [0, 0.05) is 11.8 Å². The van der Waals surface area contributed by atoms with E-state index in [1.54, 1.807) is 24.3 Å². The third kappa shape index (κ3) is 3.37. The molecule has 0 heterocycles. The summed E-state index contributed by atoms with van der Waals surface area (Å²) in [5, 5.41) is 0. The molecule has 1 aromatic carbocycles. The van der Waals surface area contributed by atoms with Crippen LogP contribution in [0.5, 0.6) is 0 Å². The number of ketones is 1. The number of ether oxygens (including phenoxy) is 2. The van der Waals surface area contributed by atoms with Gasteiger partial charge in [0.05, 0.1) is 11.0 Å². The van der Waals surface area contributed by atoms with Crippen molar-refractivity contribution in [1.29, 1.82) is 0 Å². The quantitative estimate of drug-likeness (QED) is 0.432. The summed E-state index contributed by atoms with van der Waals surface area (Å²) in [4.78, 5) is 38.5. The predicted molar refractivity (Wildman–Crippen MR) is 123 cm³/mol. The van der Waals surface area contributed by atoms with Crippen molar-refractivity contribution in [2.24, 2.45) is 33.5 Å². The zero-order valence-electron chi connectivity index (χ0n) is 20.2. The van der Waals surface area contributed by atoms with Crippen molar-refractivity contribution in [3.63, 3.8) is 0 Å². The molecule has 0 radical (unpaired) electrons. The van der Waals surface area contributed by atoms with E-state index < -0.39 is 11.4 Å². The van der Waals surface area contributed by atoms with E-state index in [0.717, 1.165) is 57.8 Å². The molecule has 0 amide bonds. The van der Waals surface area contributed by atoms with E-state index in [0.29, 0.717) is 17.3 Å². The highest BCUT2D eigenvalue weighted by molar-refractivity contribution is 5.89. The Morgan fingerprint density at radius 1 is 0.939 bits per heavy atom. The van der Waals surface area contributed by atoms with Crippen LogP contribution < -0.4 is 0 Å². The van der Waals surface area contributed by atoms with Crippen molar-refractivity contribution in [3.05, 3.63) is 35.9 Å². The molecule has 1 unspecified atom stereocenters. The SMILES string of the molecule is C[C@@]12CC[C@@H]3C(CC[C@H]4[C@@]3(C)CCC[C@@]4(C)C(=O)OCOC(=O)c3ccccc3)(CC1=O)C2. The van der Waals surface area contributed by atoms with E-state index in [9.17, 15) is 14.4 Å². The van der Waals surface area contributed by atoms with Gasteiger partial charge in [0.25, 0.3) is 0 Å². The molecular formula is C28H36O5. The lowest BCUT2D eigenvalue weighted by atomic mass is 9.40. The van der Waals surface area contributed by atoms with E-state index in [1.165, 1.54) is 0 Å². The predicted octanol–water partition coefficient (Wildman–Crippen LogP) is 5.72. The Balaban J connectivity index is 1.30. The van der Waals surface area contributed by atoms with Crippen molar-refractivity contribution < 1.29 is 23.9 Å². The maximum absolute atomic E-state index is 13.4. The summed E-state index contributed by atoms with van der Waals surface area (Å²) in [5.74, 6) is 0.444. The van der Waals surface area contributed by atoms with Crippen LogP contribution in [0.3, 0.4) is 0 Å². The Bertz CT molecular complexity index is 972. The van der Waals surface area contributed by atoms with Crippen LogP contribution in [0.25, 0.3) is 0 Å². The number of carbonyl (C=O) groups is 3. The highest BCUT2D eigenvalue weighted by Gasteiger charge is 2.68. The van der Waals surface area contributed by atoms with Gasteiger partial charge in [-0.1, -0.05) is 38.5 Å². The third-order valence-electron chi connectivity index (χ3n) is 10.2.